The van der Waals surface area contributed by atoms with Gasteiger partial charge in [-0.2, -0.15) is 5.10 Å². The molecule has 0 saturated heterocycles. The normalized spacial score (nSPS) is 13.2. The molecule has 0 spiro atoms. The molecule has 0 amide bonds. The van der Waals surface area contributed by atoms with E-state index in [0.29, 0.717) is 6.42 Å². The van der Waals surface area contributed by atoms with Crippen molar-refractivity contribution in [3.05, 3.63) is 48.3 Å². The molecule has 0 aliphatic rings. The quantitative estimate of drug-likeness (QED) is 0.849. The van der Waals surface area contributed by atoms with Gasteiger partial charge in [0.2, 0.25) is 0 Å². The summed E-state index contributed by atoms with van der Waals surface area (Å²) in [5.41, 5.74) is 1.85. The molecule has 1 unspecified atom stereocenters. The minimum absolute atomic E-state index is 0.0466. The Bertz CT molecular complexity index is 665. The molecule has 1 heterocycles. The lowest BCUT2D eigenvalue weighted by atomic mass is 10.1. The fourth-order valence-electron chi connectivity index (χ4n) is 2.18. The standard InChI is InChI=1S/C15H21N3O2S/c1-3-16-14(10-12-21(2,19)20)15-9-11-18(17-15)13-7-5-4-6-8-13/h4-9,11,14,16H,3,10,12H2,1-2H3. The number of hydrogen-bond donors (Lipinski definition) is 1. The first-order chi connectivity index (χ1) is 9.99. The first-order valence-electron chi connectivity index (χ1n) is 7.01. The van der Waals surface area contributed by atoms with E-state index in [-0.39, 0.29) is 11.8 Å². The Hall–Kier alpha value is -1.66. The Balaban J connectivity index is 2.16. The molecule has 2 rings (SSSR count). The van der Waals surface area contributed by atoms with Gasteiger partial charge in [0.05, 0.1) is 23.2 Å². The molecule has 1 aromatic carbocycles. The van der Waals surface area contributed by atoms with Crippen LogP contribution in [0.2, 0.25) is 0 Å². The van der Waals surface area contributed by atoms with Crippen LogP contribution >= 0.6 is 0 Å². The minimum atomic E-state index is -2.97. The summed E-state index contributed by atoms with van der Waals surface area (Å²) in [6, 6.07) is 11.7. The third-order valence-corrected chi connectivity index (χ3v) is 4.19. The smallest absolute Gasteiger partial charge is 0.147 e. The number of benzene rings is 1. The molecule has 1 atom stereocenters. The Kier molecular flexibility index (Phi) is 5.14. The maximum absolute atomic E-state index is 11.3. The zero-order chi connectivity index (χ0) is 15.3. The lowest BCUT2D eigenvalue weighted by Gasteiger charge is -2.15. The molecular formula is C15H21N3O2S. The monoisotopic (exact) mass is 307 g/mol. The van der Waals surface area contributed by atoms with E-state index in [4.69, 9.17) is 0 Å². The number of aromatic nitrogens is 2. The molecule has 2 aromatic rings. The zero-order valence-corrected chi connectivity index (χ0v) is 13.2. The van der Waals surface area contributed by atoms with Crippen molar-refractivity contribution in [1.29, 1.82) is 0 Å². The minimum Gasteiger partial charge on any atom is -0.309 e. The van der Waals surface area contributed by atoms with Crippen LogP contribution < -0.4 is 5.32 Å². The molecule has 114 valence electrons. The van der Waals surface area contributed by atoms with Gasteiger partial charge >= 0.3 is 0 Å². The number of sulfone groups is 1. The highest BCUT2D eigenvalue weighted by atomic mass is 32.2. The van der Waals surface area contributed by atoms with Crippen LogP contribution in [0.25, 0.3) is 5.69 Å². The third kappa shape index (κ3) is 4.68. The van der Waals surface area contributed by atoms with Gasteiger partial charge in [-0.25, -0.2) is 13.1 Å². The summed E-state index contributed by atoms with van der Waals surface area (Å²) in [6.07, 6.45) is 3.69. The van der Waals surface area contributed by atoms with E-state index in [1.807, 2.05) is 49.5 Å². The molecule has 21 heavy (non-hydrogen) atoms. The average Bonchev–Trinajstić information content (AvgIpc) is 2.93. The van der Waals surface area contributed by atoms with Crippen LogP contribution in [0.15, 0.2) is 42.6 Å². The molecule has 1 aromatic heterocycles. The highest BCUT2D eigenvalue weighted by Gasteiger charge is 2.16. The summed E-state index contributed by atoms with van der Waals surface area (Å²) in [6.45, 7) is 2.77. The predicted octanol–water partition coefficient (Wildman–Crippen LogP) is 1.96. The van der Waals surface area contributed by atoms with E-state index in [1.54, 1.807) is 4.68 Å². The van der Waals surface area contributed by atoms with Crippen molar-refractivity contribution in [3.8, 4) is 5.69 Å². The fraction of sp³-hybridized carbons (Fsp3) is 0.400. The van der Waals surface area contributed by atoms with Gasteiger partial charge in [-0.1, -0.05) is 25.1 Å². The van der Waals surface area contributed by atoms with Gasteiger partial charge in [0.1, 0.15) is 9.84 Å². The Morgan fingerprint density at radius 2 is 1.95 bits per heavy atom. The van der Waals surface area contributed by atoms with E-state index >= 15 is 0 Å². The number of para-hydroxylation sites is 1. The maximum Gasteiger partial charge on any atom is 0.147 e. The van der Waals surface area contributed by atoms with E-state index < -0.39 is 9.84 Å². The second-order valence-corrected chi connectivity index (χ2v) is 7.31. The van der Waals surface area contributed by atoms with Gasteiger partial charge in [0, 0.05) is 12.5 Å². The van der Waals surface area contributed by atoms with E-state index in [0.717, 1.165) is 17.9 Å². The lowest BCUT2D eigenvalue weighted by Crippen LogP contribution is -2.24. The summed E-state index contributed by atoms with van der Waals surface area (Å²) >= 11 is 0. The molecule has 0 bridgehead atoms. The highest BCUT2D eigenvalue weighted by Crippen LogP contribution is 2.17. The fourth-order valence-corrected chi connectivity index (χ4v) is 2.85. The third-order valence-electron chi connectivity index (χ3n) is 3.22. The van der Waals surface area contributed by atoms with Crippen molar-refractivity contribution < 1.29 is 8.42 Å². The van der Waals surface area contributed by atoms with Gasteiger partial charge in [-0.05, 0) is 31.2 Å². The van der Waals surface area contributed by atoms with E-state index in [9.17, 15) is 8.42 Å². The zero-order valence-electron chi connectivity index (χ0n) is 12.4. The Morgan fingerprint density at radius 3 is 2.57 bits per heavy atom. The molecule has 0 fully saturated rings. The van der Waals surface area contributed by atoms with Crippen LogP contribution in [0.4, 0.5) is 0 Å². The summed E-state index contributed by atoms with van der Waals surface area (Å²) in [4.78, 5) is 0. The van der Waals surface area contributed by atoms with Crippen LogP contribution in [-0.2, 0) is 9.84 Å². The largest absolute Gasteiger partial charge is 0.309 e. The SMILES string of the molecule is CCNC(CCS(C)(=O)=O)c1ccn(-c2ccccc2)n1. The average molecular weight is 307 g/mol. The highest BCUT2D eigenvalue weighted by molar-refractivity contribution is 7.90. The maximum atomic E-state index is 11.3. The van der Waals surface area contributed by atoms with Gasteiger partial charge in [0.25, 0.3) is 0 Å². The summed E-state index contributed by atoms with van der Waals surface area (Å²) in [5.74, 6) is 0.156. The van der Waals surface area contributed by atoms with Gasteiger partial charge in [-0.15, -0.1) is 0 Å². The number of hydrogen-bond acceptors (Lipinski definition) is 4. The molecule has 0 saturated carbocycles. The predicted molar refractivity (Wildman–Crippen MR) is 84.3 cm³/mol. The molecule has 5 nitrogen and oxygen atoms in total. The number of nitrogens with zero attached hydrogens (tertiary/aromatic N) is 2. The summed E-state index contributed by atoms with van der Waals surface area (Å²) in [5, 5.41) is 7.86. The van der Waals surface area contributed by atoms with Gasteiger partial charge in [0.15, 0.2) is 0 Å². The Morgan fingerprint density at radius 1 is 1.24 bits per heavy atom. The van der Waals surface area contributed by atoms with Crippen molar-refractivity contribution in [1.82, 2.24) is 15.1 Å². The second kappa shape index (κ2) is 6.87. The molecule has 0 aliphatic carbocycles. The number of nitrogens with one attached hydrogen (secondary N) is 1. The first-order valence-corrected chi connectivity index (χ1v) is 9.08. The van der Waals surface area contributed by atoms with Crippen LogP contribution in [-0.4, -0.2) is 36.8 Å². The molecule has 6 heteroatoms. The molecule has 0 aliphatic heterocycles. The van der Waals surface area contributed by atoms with Crippen LogP contribution in [0, 0.1) is 0 Å². The summed E-state index contributed by atoms with van der Waals surface area (Å²) < 4.78 is 24.5. The van der Waals surface area contributed by atoms with Gasteiger partial charge in [-0.3, -0.25) is 0 Å². The van der Waals surface area contributed by atoms with Crippen molar-refractivity contribution >= 4 is 9.84 Å². The van der Waals surface area contributed by atoms with Crippen molar-refractivity contribution in [3.63, 3.8) is 0 Å². The molecule has 1 N–H and O–H groups in total. The van der Waals surface area contributed by atoms with Crippen LogP contribution in [0.3, 0.4) is 0 Å². The van der Waals surface area contributed by atoms with E-state index in [2.05, 4.69) is 10.4 Å². The van der Waals surface area contributed by atoms with Crippen LogP contribution in [0.1, 0.15) is 25.1 Å². The van der Waals surface area contributed by atoms with E-state index in [1.165, 1.54) is 6.26 Å². The first kappa shape index (κ1) is 15.7. The molecular weight excluding hydrogens is 286 g/mol. The van der Waals surface area contributed by atoms with Crippen LogP contribution in [0.5, 0.6) is 0 Å². The summed E-state index contributed by atoms with van der Waals surface area (Å²) in [7, 11) is -2.97. The topological polar surface area (TPSA) is 64.0 Å². The number of rotatable bonds is 7. The van der Waals surface area contributed by atoms with Crippen molar-refractivity contribution in [2.24, 2.45) is 0 Å². The molecule has 0 radical (unpaired) electrons. The van der Waals surface area contributed by atoms with Gasteiger partial charge < -0.3 is 5.32 Å². The Labute approximate surface area is 125 Å². The second-order valence-electron chi connectivity index (χ2n) is 5.05. The van der Waals surface area contributed by atoms with Crippen molar-refractivity contribution in [2.75, 3.05) is 18.6 Å². The lowest BCUT2D eigenvalue weighted by molar-refractivity contribution is 0.515. The van der Waals surface area contributed by atoms with Crippen molar-refractivity contribution in [2.45, 2.75) is 19.4 Å².